The lowest BCUT2D eigenvalue weighted by Crippen LogP contribution is -2.39. The number of hydrogen-bond donors (Lipinski definition) is 3. The summed E-state index contributed by atoms with van der Waals surface area (Å²) in [6.07, 6.45) is 4.48. The molecule has 1 aliphatic rings. The van der Waals surface area contributed by atoms with E-state index in [0.29, 0.717) is 18.3 Å². The third-order valence-electron chi connectivity index (χ3n) is 3.95. The van der Waals surface area contributed by atoms with E-state index in [-0.39, 0.29) is 18.2 Å². The second-order valence-electron chi connectivity index (χ2n) is 5.48. The molecule has 1 aromatic rings. The van der Waals surface area contributed by atoms with Gasteiger partial charge in [-0.25, -0.2) is 5.84 Å². The number of hydrogen-bond acceptors (Lipinski definition) is 5. The molecule has 0 bridgehead atoms. The molecule has 2 rings (SSSR count). The highest BCUT2D eigenvalue weighted by Gasteiger charge is 2.25. The van der Waals surface area contributed by atoms with Crippen LogP contribution in [0.1, 0.15) is 47.6 Å². The Labute approximate surface area is 123 Å². The minimum atomic E-state index is -0.466. The first-order valence-corrected chi connectivity index (χ1v) is 7.14. The Hall–Kier alpha value is -1.86. The van der Waals surface area contributed by atoms with Gasteiger partial charge in [-0.1, -0.05) is 12.8 Å². The number of nitrogens with two attached hydrogens (primary N) is 2. The standard InChI is InChI=1S/C14H22N4O3/c1-9-10(6-12(21-9)14(20)17-16)7-18(8-13(15)19)11-4-2-3-5-11/h6,11H,2-5,7-8,16H2,1H3,(H2,15,19)(H,17,20). The molecule has 0 aliphatic heterocycles. The van der Waals surface area contributed by atoms with Gasteiger partial charge in [0.2, 0.25) is 5.91 Å². The fourth-order valence-electron chi connectivity index (χ4n) is 2.86. The molecule has 116 valence electrons. The van der Waals surface area contributed by atoms with Crippen molar-refractivity contribution in [3.63, 3.8) is 0 Å². The number of nitrogens with one attached hydrogen (secondary N) is 1. The Morgan fingerprint density at radius 2 is 2.10 bits per heavy atom. The van der Waals surface area contributed by atoms with Crippen molar-refractivity contribution in [2.24, 2.45) is 11.6 Å². The van der Waals surface area contributed by atoms with E-state index < -0.39 is 5.91 Å². The lowest BCUT2D eigenvalue weighted by molar-refractivity contribution is -0.119. The molecule has 0 unspecified atom stereocenters. The molecule has 5 N–H and O–H groups in total. The molecule has 1 aliphatic carbocycles. The number of aryl methyl sites for hydroxylation is 1. The quantitative estimate of drug-likeness (QED) is 0.399. The molecule has 7 heteroatoms. The highest BCUT2D eigenvalue weighted by molar-refractivity contribution is 5.91. The van der Waals surface area contributed by atoms with E-state index in [1.165, 1.54) is 12.8 Å². The van der Waals surface area contributed by atoms with E-state index in [1.807, 2.05) is 5.43 Å². The molecule has 0 saturated heterocycles. The molecule has 2 amide bonds. The highest BCUT2D eigenvalue weighted by atomic mass is 16.4. The molecule has 21 heavy (non-hydrogen) atoms. The van der Waals surface area contributed by atoms with Crippen molar-refractivity contribution in [2.75, 3.05) is 6.54 Å². The van der Waals surface area contributed by atoms with Gasteiger partial charge in [-0.15, -0.1) is 0 Å². The Morgan fingerprint density at radius 1 is 1.43 bits per heavy atom. The summed E-state index contributed by atoms with van der Waals surface area (Å²) in [5.74, 6) is 5.12. The van der Waals surface area contributed by atoms with Gasteiger partial charge in [0, 0.05) is 18.2 Å². The Bertz CT molecular complexity index is 520. The molecule has 7 nitrogen and oxygen atoms in total. The molecule has 1 heterocycles. The molecule has 1 saturated carbocycles. The molecule has 0 aromatic carbocycles. The van der Waals surface area contributed by atoms with Crippen LogP contribution in [0.4, 0.5) is 0 Å². The maximum absolute atomic E-state index is 11.5. The second kappa shape index (κ2) is 6.73. The molecular formula is C14H22N4O3. The lowest BCUT2D eigenvalue weighted by atomic mass is 10.1. The average Bonchev–Trinajstić information content (AvgIpc) is 3.07. The number of nitrogen functional groups attached to an aromatic ring is 1. The summed E-state index contributed by atoms with van der Waals surface area (Å²) in [5.41, 5.74) is 8.26. The second-order valence-corrected chi connectivity index (χ2v) is 5.48. The third kappa shape index (κ3) is 3.83. The van der Waals surface area contributed by atoms with Crippen LogP contribution in [-0.2, 0) is 11.3 Å². The number of carbonyl (C=O) groups excluding carboxylic acids is 2. The van der Waals surface area contributed by atoms with Gasteiger partial charge < -0.3 is 10.2 Å². The fraction of sp³-hybridized carbons (Fsp3) is 0.571. The van der Waals surface area contributed by atoms with E-state index >= 15 is 0 Å². The number of rotatable bonds is 6. The number of furan rings is 1. The maximum Gasteiger partial charge on any atom is 0.300 e. The summed E-state index contributed by atoms with van der Waals surface area (Å²) in [5, 5.41) is 0. The molecule has 1 aromatic heterocycles. The van der Waals surface area contributed by atoms with Crippen LogP contribution in [0.5, 0.6) is 0 Å². The van der Waals surface area contributed by atoms with E-state index in [4.69, 9.17) is 16.0 Å². The van der Waals surface area contributed by atoms with Crippen LogP contribution in [0, 0.1) is 6.92 Å². The topological polar surface area (TPSA) is 115 Å². The van der Waals surface area contributed by atoms with E-state index in [1.54, 1.807) is 13.0 Å². The monoisotopic (exact) mass is 294 g/mol. The van der Waals surface area contributed by atoms with Gasteiger partial charge >= 0.3 is 5.91 Å². The van der Waals surface area contributed by atoms with E-state index in [2.05, 4.69) is 4.90 Å². The van der Waals surface area contributed by atoms with Crippen LogP contribution >= 0.6 is 0 Å². The Morgan fingerprint density at radius 3 is 2.67 bits per heavy atom. The molecule has 1 fully saturated rings. The van der Waals surface area contributed by atoms with Crippen LogP contribution < -0.4 is 17.0 Å². The van der Waals surface area contributed by atoms with Crippen LogP contribution in [0.3, 0.4) is 0 Å². The van der Waals surface area contributed by atoms with Crippen molar-refractivity contribution in [1.82, 2.24) is 10.3 Å². The SMILES string of the molecule is Cc1oc(C(=O)NN)cc1CN(CC(N)=O)C1CCCC1. The van der Waals surface area contributed by atoms with Crippen molar-refractivity contribution in [2.45, 2.75) is 45.2 Å². The summed E-state index contributed by atoms with van der Waals surface area (Å²) in [4.78, 5) is 24.8. The van der Waals surface area contributed by atoms with Crippen molar-refractivity contribution in [3.05, 3.63) is 23.2 Å². The first-order valence-electron chi connectivity index (χ1n) is 7.14. The van der Waals surface area contributed by atoms with Crippen LogP contribution in [-0.4, -0.2) is 29.3 Å². The van der Waals surface area contributed by atoms with Gasteiger partial charge in [0.15, 0.2) is 5.76 Å². The van der Waals surface area contributed by atoms with Gasteiger partial charge in [0.1, 0.15) is 5.76 Å². The predicted octanol–water partition coefficient (Wildman–Crippen LogP) is 0.421. The van der Waals surface area contributed by atoms with Crippen molar-refractivity contribution in [1.29, 1.82) is 0 Å². The first-order chi connectivity index (χ1) is 10.0. The summed E-state index contributed by atoms with van der Waals surface area (Å²) in [7, 11) is 0. The number of carbonyl (C=O) groups is 2. The largest absolute Gasteiger partial charge is 0.456 e. The summed E-state index contributed by atoms with van der Waals surface area (Å²) in [6, 6.07) is 2.03. The smallest absolute Gasteiger partial charge is 0.300 e. The average molecular weight is 294 g/mol. The van der Waals surface area contributed by atoms with Gasteiger partial charge in [0.25, 0.3) is 0 Å². The summed E-state index contributed by atoms with van der Waals surface area (Å²) < 4.78 is 5.40. The van der Waals surface area contributed by atoms with E-state index in [0.717, 1.165) is 18.4 Å². The zero-order chi connectivity index (χ0) is 15.4. The van der Waals surface area contributed by atoms with Crippen molar-refractivity contribution >= 4 is 11.8 Å². The molecule has 0 radical (unpaired) electrons. The molecular weight excluding hydrogens is 272 g/mol. The predicted molar refractivity (Wildman–Crippen MR) is 77.0 cm³/mol. The van der Waals surface area contributed by atoms with Gasteiger partial charge in [-0.3, -0.25) is 19.9 Å². The highest BCUT2D eigenvalue weighted by Crippen LogP contribution is 2.26. The molecule has 0 spiro atoms. The maximum atomic E-state index is 11.5. The number of primary amides is 1. The van der Waals surface area contributed by atoms with Crippen molar-refractivity contribution < 1.29 is 14.0 Å². The van der Waals surface area contributed by atoms with Crippen LogP contribution in [0.25, 0.3) is 0 Å². The number of nitrogens with zero attached hydrogens (tertiary/aromatic N) is 1. The van der Waals surface area contributed by atoms with E-state index in [9.17, 15) is 9.59 Å². The van der Waals surface area contributed by atoms with Gasteiger partial charge in [0.05, 0.1) is 6.54 Å². The first kappa shape index (κ1) is 15.5. The number of amides is 2. The lowest BCUT2D eigenvalue weighted by Gasteiger charge is -2.27. The summed E-state index contributed by atoms with van der Waals surface area (Å²) in [6.45, 7) is 2.55. The molecule has 0 atom stereocenters. The summed E-state index contributed by atoms with van der Waals surface area (Å²) >= 11 is 0. The van der Waals surface area contributed by atoms with Gasteiger partial charge in [-0.2, -0.15) is 0 Å². The minimum Gasteiger partial charge on any atom is -0.456 e. The Balaban J connectivity index is 2.13. The van der Waals surface area contributed by atoms with Gasteiger partial charge in [-0.05, 0) is 25.8 Å². The zero-order valence-corrected chi connectivity index (χ0v) is 12.2. The van der Waals surface area contributed by atoms with Crippen molar-refractivity contribution in [3.8, 4) is 0 Å². The number of hydrazine groups is 1. The normalized spacial score (nSPS) is 15.6. The third-order valence-corrected chi connectivity index (χ3v) is 3.95. The fourth-order valence-corrected chi connectivity index (χ4v) is 2.86. The zero-order valence-electron chi connectivity index (χ0n) is 12.2. The Kier molecular flexibility index (Phi) is 4.98. The van der Waals surface area contributed by atoms with Crippen LogP contribution in [0.15, 0.2) is 10.5 Å². The van der Waals surface area contributed by atoms with Crippen LogP contribution in [0.2, 0.25) is 0 Å². The minimum absolute atomic E-state index is 0.176.